The largest absolute Gasteiger partial charge is 0.497 e. The molecule has 1 spiro atoms. The number of carbonyl (C=O) groups is 3. The number of rotatable bonds is 4. The van der Waals surface area contributed by atoms with E-state index in [2.05, 4.69) is 10.6 Å². The van der Waals surface area contributed by atoms with Gasteiger partial charge in [0.1, 0.15) is 17.8 Å². The number of thiophene rings is 1. The van der Waals surface area contributed by atoms with Crippen LogP contribution in [0.1, 0.15) is 23.3 Å². The van der Waals surface area contributed by atoms with E-state index in [1.807, 2.05) is 11.4 Å². The number of urea groups is 1. The van der Waals surface area contributed by atoms with Gasteiger partial charge < -0.3 is 15.4 Å². The Kier molecular flexibility index (Phi) is 4.35. The molecule has 2 aromatic rings. The van der Waals surface area contributed by atoms with Crippen molar-refractivity contribution in [3.63, 3.8) is 0 Å². The minimum Gasteiger partial charge on any atom is -0.497 e. The Hall–Kier alpha value is -2.87. The van der Waals surface area contributed by atoms with Gasteiger partial charge in [-0.2, -0.15) is 0 Å². The monoisotopic (exact) mass is 385 g/mol. The number of hydrogen-bond donors (Lipinski definition) is 2. The lowest BCUT2D eigenvalue weighted by Crippen LogP contribution is -2.46. The summed E-state index contributed by atoms with van der Waals surface area (Å²) in [6, 6.07) is 8.21. The van der Waals surface area contributed by atoms with Crippen LogP contribution in [0.5, 0.6) is 5.75 Å². The zero-order chi connectivity index (χ0) is 19.0. The molecule has 1 fully saturated rings. The van der Waals surface area contributed by atoms with Crippen molar-refractivity contribution in [1.29, 1.82) is 0 Å². The Labute approximate surface area is 160 Å². The maximum absolute atomic E-state index is 13.1. The third-order valence-electron chi connectivity index (χ3n) is 5.01. The lowest BCUT2D eigenvalue weighted by Gasteiger charge is -2.31. The van der Waals surface area contributed by atoms with E-state index < -0.39 is 17.5 Å². The van der Waals surface area contributed by atoms with Crippen LogP contribution in [0, 0.1) is 0 Å². The molecule has 4 amide bonds. The predicted octanol–water partition coefficient (Wildman–Crippen LogP) is 2.48. The second kappa shape index (κ2) is 6.70. The normalized spacial score (nSPS) is 21.1. The van der Waals surface area contributed by atoms with Gasteiger partial charge in [-0.3, -0.25) is 14.5 Å². The molecule has 0 saturated carbocycles. The minimum absolute atomic E-state index is 0.322. The van der Waals surface area contributed by atoms with Gasteiger partial charge >= 0.3 is 6.03 Å². The molecule has 140 valence electrons. The number of nitrogens with one attached hydrogen (secondary N) is 2. The van der Waals surface area contributed by atoms with Crippen LogP contribution in [-0.2, 0) is 21.5 Å². The van der Waals surface area contributed by atoms with E-state index in [0.29, 0.717) is 17.9 Å². The molecule has 0 radical (unpaired) electrons. The summed E-state index contributed by atoms with van der Waals surface area (Å²) in [7, 11) is 1.56. The van der Waals surface area contributed by atoms with Crippen LogP contribution in [0.25, 0.3) is 0 Å². The summed E-state index contributed by atoms with van der Waals surface area (Å²) in [5.41, 5.74) is 0.418. The highest BCUT2D eigenvalue weighted by atomic mass is 32.1. The number of carbonyl (C=O) groups excluding carboxylic acids is 3. The zero-order valence-electron chi connectivity index (χ0n) is 14.8. The van der Waals surface area contributed by atoms with Crippen LogP contribution in [0.2, 0.25) is 0 Å². The van der Waals surface area contributed by atoms with E-state index >= 15 is 0 Å². The van der Waals surface area contributed by atoms with Crippen molar-refractivity contribution in [2.24, 2.45) is 0 Å². The number of amides is 4. The van der Waals surface area contributed by atoms with E-state index in [4.69, 9.17) is 4.74 Å². The first-order valence-corrected chi connectivity index (χ1v) is 9.56. The lowest BCUT2D eigenvalue weighted by atomic mass is 9.80. The summed E-state index contributed by atoms with van der Waals surface area (Å²) in [5.74, 6) is -0.105. The quantitative estimate of drug-likeness (QED) is 0.792. The summed E-state index contributed by atoms with van der Waals surface area (Å²) in [4.78, 5) is 40.0. The fourth-order valence-corrected chi connectivity index (χ4v) is 4.70. The highest BCUT2D eigenvalue weighted by Gasteiger charge is 2.54. The topological polar surface area (TPSA) is 87.7 Å². The molecule has 7 nitrogen and oxygen atoms in total. The lowest BCUT2D eigenvalue weighted by molar-refractivity contribution is -0.134. The van der Waals surface area contributed by atoms with Crippen molar-refractivity contribution < 1.29 is 19.1 Å². The molecule has 2 N–H and O–H groups in total. The first-order valence-electron chi connectivity index (χ1n) is 8.68. The molecule has 0 bridgehead atoms. The van der Waals surface area contributed by atoms with E-state index in [9.17, 15) is 14.4 Å². The number of hydrogen-bond acceptors (Lipinski definition) is 5. The smallest absolute Gasteiger partial charge is 0.325 e. The number of benzene rings is 1. The number of fused-ring (bicyclic) bond motifs is 2. The highest BCUT2D eigenvalue weighted by Crippen LogP contribution is 2.42. The molecule has 4 rings (SSSR count). The Morgan fingerprint density at radius 2 is 2.07 bits per heavy atom. The zero-order valence-corrected chi connectivity index (χ0v) is 15.6. The van der Waals surface area contributed by atoms with Crippen LogP contribution >= 0.6 is 11.3 Å². The van der Waals surface area contributed by atoms with E-state index in [-0.39, 0.29) is 12.5 Å². The standard InChI is InChI=1S/C19H19N3O4S/c1-26-13-6-4-12(5-7-13)20-16(23)11-22-17(24)19(21-18(22)25)9-2-3-15-14(19)8-10-27-15/h4-8,10H,2-3,9,11H2,1H3,(H,20,23)(H,21,25)/t19-/m1/s1. The van der Waals surface area contributed by atoms with Gasteiger partial charge in [0.2, 0.25) is 5.91 Å². The summed E-state index contributed by atoms with van der Waals surface area (Å²) >= 11 is 1.60. The summed E-state index contributed by atoms with van der Waals surface area (Å²) in [5, 5.41) is 7.48. The van der Waals surface area contributed by atoms with E-state index in [1.54, 1.807) is 42.7 Å². The number of aryl methyl sites for hydroxylation is 1. The Morgan fingerprint density at radius 3 is 2.81 bits per heavy atom. The van der Waals surface area contributed by atoms with Crippen molar-refractivity contribution in [3.8, 4) is 5.75 Å². The number of anilines is 1. The van der Waals surface area contributed by atoms with E-state index in [1.165, 1.54) is 0 Å². The molecule has 8 heteroatoms. The fourth-order valence-electron chi connectivity index (χ4n) is 3.70. The average molecular weight is 385 g/mol. The van der Waals surface area contributed by atoms with Crippen molar-refractivity contribution in [3.05, 3.63) is 46.2 Å². The van der Waals surface area contributed by atoms with Gasteiger partial charge in [-0.1, -0.05) is 0 Å². The highest BCUT2D eigenvalue weighted by molar-refractivity contribution is 7.10. The maximum Gasteiger partial charge on any atom is 0.325 e. The molecule has 1 aliphatic carbocycles. The molecule has 1 aromatic carbocycles. The maximum atomic E-state index is 13.1. The van der Waals surface area contributed by atoms with Crippen LogP contribution in [0.4, 0.5) is 10.5 Å². The third kappa shape index (κ3) is 2.95. The molecule has 1 aliphatic heterocycles. The third-order valence-corrected chi connectivity index (χ3v) is 5.99. The summed E-state index contributed by atoms with van der Waals surface area (Å²) < 4.78 is 5.08. The molecule has 0 unspecified atom stereocenters. The number of nitrogens with zero attached hydrogens (tertiary/aromatic N) is 1. The van der Waals surface area contributed by atoms with Gasteiger partial charge in [0.15, 0.2) is 0 Å². The van der Waals surface area contributed by atoms with Crippen molar-refractivity contribution in [1.82, 2.24) is 10.2 Å². The Balaban J connectivity index is 1.49. The first-order chi connectivity index (χ1) is 13.0. The fraction of sp³-hybridized carbons (Fsp3) is 0.316. The summed E-state index contributed by atoms with van der Waals surface area (Å²) in [6.07, 6.45) is 2.29. The molecule has 1 aromatic heterocycles. The molecule has 1 saturated heterocycles. The summed E-state index contributed by atoms with van der Waals surface area (Å²) in [6.45, 7) is -0.322. The van der Waals surface area contributed by atoms with Gasteiger partial charge in [-0.05, 0) is 55.0 Å². The molecular weight excluding hydrogens is 366 g/mol. The molecule has 27 heavy (non-hydrogen) atoms. The van der Waals surface area contributed by atoms with Crippen LogP contribution < -0.4 is 15.4 Å². The van der Waals surface area contributed by atoms with Gasteiger partial charge in [-0.15, -0.1) is 11.3 Å². The minimum atomic E-state index is -1.02. The van der Waals surface area contributed by atoms with Crippen molar-refractivity contribution in [2.45, 2.75) is 24.8 Å². The second-order valence-corrected chi connectivity index (χ2v) is 7.62. The number of ether oxygens (including phenoxy) is 1. The average Bonchev–Trinajstić information content (AvgIpc) is 3.23. The first kappa shape index (κ1) is 17.5. The van der Waals surface area contributed by atoms with Crippen LogP contribution in [0.15, 0.2) is 35.7 Å². The SMILES string of the molecule is COc1ccc(NC(=O)CN2C(=O)N[C@@]3(CCCc4sccc43)C2=O)cc1. The van der Waals surface area contributed by atoms with Gasteiger partial charge in [0.25, 0.3) is 5.91 Å². The molecule has 1 atom stereocenters. The molecule has 2 heterocycles. The van der Waals surface area contributed by atoms with Crippen LogP contribution in [0.3, 0.4) is 0 Å². The van der Waals surface area contributed by atoms with Crippen molar-refractivity contribution in [2.75, 3.05) is 19.0 Å². The van der Waals surface area contributed by atoms with Crippen LogP contribution in [-0.4, -0.2) is 36.4 Å². The van der Waals surface area contributed by atoms with Gasteiger partial charge in [-0.25, -0.2) is 4.79 Å². The number of methoxy groups -OCH3 is 1. The predicted molar refractivity (Wildman–Crippen MR) is 101 cm³/mol. The molecular formula is C19H19N3O4S. The molecule has 2 aliphatic rings. The van der Waals surface area contributed by atoms with Gasteiger partial charge in [0.05, 0.1) is 7.11 Å². The Bertz CT molecular complexity index is 908. The van der Waals surface area contributed by atoms with Crippen molar-refractivity contribution >= 4 is 34.9 Å². The second-order valence-electron chi connectivity index (χ2n) is 6.61. The van der Waals surface area contributed by atoms with E-state index in [0.717, 1.165) is 28.2 Å². The number of imide groups is 1. The van der Waals surface area contributed by atoms with Gasteiger partial charge in [0, 0.05) is 16.1 Å². The Morgan fingerprint density at radius 1 is 1.30 bits per heavy atom.